The highest BCUT2D eigenvalue weighted by Gasteiger charge is 2.07. The van der Waals surface area contributed by atoms with Gasteiger partial charge in [-0.05, 0) is 57.3 Å². The first-order chi connectivity index (χ1) is 6.22. The van der Waals surface area contributed by atoms with Gasteiger partial charge in [-0.2, -0.15) is 5.26 Å². The molecule has 0 spiro atoms. The van der Waals surface area contributed by atoms with Gasteiger partial charge in [0, 0.05) is 22.6 Å². The highest BCUT2D eigenvalue weighted by Crippen LogP contribution is 2.31. The Morgan fingerprint density at radius 1 is 1.31 bits per heavy atom. The zero-order valence-corrected chi connectivity index (χ0v) is 11.5. The first kappa shape index (κ1) is 9.68. The number of benzene rings is 1. The smallest absolute Gasteiger partial charge is 0.0999 e. The topological polar surface area (TPSA) is 23.8 Å². The van der Waals surface area contributed by atoms with Crippen molar-refractivity contribution in [2.24, 2.45) is 0 Å². The van der Waals surface area contributed by atoms with Gasteiger partial charge in [0.1, 0.15) is 0 Å². The normalized spacial score (nSPS) is 10.2. The summed E-state index contributed by atoms with van der Waals surface area (Å²) in [6.45, 7) is 0. The van der Waals surface area contributed by atoms with E-state index in [0.717, 1.165) is 14.5 Å². The van der Waals surface area contributed by atoms with Crippen molar-refractivity contribution in [2.75, 3.05) is 0 Å². The van der Waals surface area contributed by atoms with Crippen LogP contribution in [-0.4, -0.2) is 0 Å². The van der Waals surface area contributed by atoms with Gasteiger partial charge in [0.05, 0.1) is 11.6 Å². The van der Waals surface area contributed by atoms with Crippen molar-refractivity contribution in [3.8, 4) is 6.07 Å². The first-order valence-corrected chi connectivity index (χ1v) is 6.52. The Kier molecular flexibility index (Phi) is 2.76. The molecule has 0 amide bonds. The minimum absolute atomic E-state index is 0.785. The van der Waals surface area contributed by atoms with E-state index < -0.39 is 0 Å². The predicted octanol–water partition coefficient (Wildman–Crippen LogP) is 3.98. The summed E-state index contributed by atoms with van der Waals surface area (Å²) in [6.07, 6.45) is 0. The Morgan fingerprint density at radius 3 is 2.77 bits per heavy atom. The number of rotatable bonds is 0. The number of hydrogen-bond donors (Lipinski definition) is 0. The van der Waals surface area contributed by atoms with Crippen molar-refractivity contribution < 1.29 is 0 Å². The number of nitriles is 1. The molecule has 2 rings (SSSR count). The molecule has 0 aliphatic rings. The van der Waals surface area contributed by atoms with Gasteiger partial charge in [0.15, 0.2) is 0 Å². The highest BCUT2D eigenvalue weighted by atomic mass is 127. The zero-order chi connectivity index (χ0) is 9.42. The largest absolute Gasteiger partial charge is 0.192 e. The SMILES string of the molecule is N#Cc1cc(I)cc2scc(I)c12. The van der Waals surface area contributed by atoms with Crippen LogP contribution in [0.5, 0.6) is 0 Å². The van der Waals surface area contributed by atoms with Crippen molar-refractivity contribution in [3.05, 3.63) is 30.2 Å². The van der Waals surface area contributed by atoms with Gasteiger partial charge in [0.25, 0.3) is 0 Å². The second kappa shape index (κ2) is 3.71. The molecule has 1 aromatic carbocycles. The summed E-state index contributed by atoms with van der Waals surface area (Å²) in [5, 5.41) is 12.1. The van der Waals surface area contributed by atoms with Crippen LogP contribution >= 0.6 is 56.5 Å². The fourth-order valence-corrected chi connectivity index (χ4v) is 4.04. The van der Waals surface area contributed by atoms with E-state index in [4.69, 9.17) is 5.26 Å². The molecule has 4 heteroatoms. The van der Waals surface area contributed by atoms with E-state index in [0.29, 0.717) is 0 Å². The lowest BCUT2D eigenvalue weighted by atomic mass is 10.1. The predicted molar refractivity (Wildman–Crippen MR) is 72.0 cm³/mol. The minimum Gasteiger partial charge on any atom is -0.192 e. The number of halogens is 2. The summed E-state index contributed by atoms with van der Waals surface area (Å²) in [5.41, 5.74) is 0.785. The zero-order valence-electron chi connectivity index (χ0n) is 6.34. The molecule has 0 unspecified atom stereocenters. The van der Waals surface area contributed by atoms with Crippen LogP contribution in [0.2, 0.25) is 0 Å². The van der Waals surface area contributed by atoms with Crippen molar-refractivity contribution in [3.63, 3.8) is 0 Å². The first-order valence-electron chi connectivity index (χ1n) is 3.48. The van der Waals surface area contributed by atoms with E-state index in [-0.39, 0.29) is 0 Å². The maximum atomic E-state index is 8.95. The van der Waals surface area contributed by atoms with Crippen LogP contribution in [0.4, 0.5) is 0 Å². The van der Waals surface area contributed by atoms with E-state index in [1.54, 1.807) is 11.3 Å². The second-order valence-electron chi connectivity index (χ2n) is 2.52. The number of hydrogen-bond acceptors (Lipinski definition) is 2. The van der Waals surface area contributed by atoms with E-state index in [9.17, 15) is 0 Å². The lowest BCUT2D eigenvalue weighted by Crippen LogP contribution is -1.79. The van der Waals surface area contributed by atoms with Crippen LogP contribution < -0.4 is 0 Å². The Labute approximate surface area is 107 Å². The van der Waals surface area contributed by atoms with Crippen molar-refractivity contribution >= 4 is 66.6 Å². The van der Waals surface area contributed by atoms with Gasteiger partial charge in [0.2, 0.25) is 0 Å². The molecule has 0 aliphatic carbocycles. The van der Waals surface area contributed by atoms with Gasteiger partial charge >= 0.3 is 0 Å². The summed E-state index contributed by atoms with van der Waals surface area (Å²) in [4.78, 5) is 0. The summed E-state index contributed by atoms with van der Waals surface area (Å²) in [6, 6.07) is 6.28. The molecule has 1 nitrogen and oxygen atoms in total. The van der Waals surface area contributed by atoms with Crippen molar-refractivity contribution in [1.29, 1.82) is 5.26 Å². The van der Waals surface area contributed by atoms with Gasteiger partial charge in [-0.25, -0.2) is 0 Å². The van der Waals surface area contributed by atoms with Crippen LogP contribution in [0.25, 0.3) is 10.1 Å². The molecule has 0 bridgehead atoms. The lowest BCUT2D eigenvalue weighted by molar-refractivity contribution is 1.50. The molecule has 1 aromatic heterocycles. The Bertz CT molecular complexity index is 510. The summed E-state index contributed by atoms with van der Waals surface area (Å²) in [7, 11) is 0. The van der Waals surface area contributed by atoms with Crippen LogP contribution in [-0.2, 0) is 0 Å². The molecule has 0 saturated carbocycles. The molecule has 0 aliphatic heterocycles. The molecule has 0 N–H and O–H groups in total. The highest BCUT2D eigenvalue weighted by molar-refractivity contribution is 14.1. The molecule has 0 fully saturated rings. The molecule has 0 saturated heterocycles. The van der Waals surface area contributed by atoms with Gasteiger partial charge < -0.3 is 0 Å². The molecule has 2 aromatic rings. The molecule has 0 radical (unpaired) electrons. The molecular formula is C9H3I2NS. The van der Waals surface area contributed by atoms with E-state index in [2.05, 4.69) is 62.7 Å². The van der Waals surface area contributed by atoms with Crippen LogP contribution in [0.15, 0.2) is 17.5 Å². The third-order valence-electron chi connectivity index (χ3n) is 1.72. The Morgan fingerprint density at radius 2 is 2.08 bits per heavy atom. The fraction of sp³-hybridized carbons (Fsp3) is 0. The number of thiophene rings is 1. The van der Waals surface area contributed by atoms with Crippen molar-refractivity contribution in [1.82, 2.24) is 0 Å². The third-order valence-corrected chi connectivity index (χ3v) is 4.54. The molecule has 64 valence electrons. The van der Waals surface area contributed by atoms with Crippen LogP contribution in [0.3, 0.4) is 0 Å². The molecular weight excluding hydrogens is 408 g/mol. The summed E-state index contributed by atoms with van der Waals surface area (Å²) in [5.74, 6) is 0. The second-order valence-corrected chi connectivity index (χ2v) is 5.84. The third kappa shape index (κ3) is 1.69. The van der Waals surface area contributed by atoms with Crippen LogP contribution in [0, 0.1) is 18.5 Å². The summed E-state index contributed by atoms with van der Waals surface area (Å²) < 4.78 is 3.50. The van der Waals surface area contributed by atoms with Crippen molar-refractivity contribution in [2.45, 2.75) is 0 Å². The summed E-state index contributed by atoms with van der Waals surface area (Å²) >= 11 is 6.20. The number of fused-ring (bicyclic) bond motifs is 1. The number of nitrogens with zero attached hydrogens (tertiary/aromatic N) is 1. The van der Waals surface area contributed by atoms with E-state index >= 15 is 0 Å². The van der Waals surface area contributed by atoms with E-state index in [1.165, 1.54) is 8.27 Å². The minimum atomic E-state index is 0.785. The quantitative estimate of drug-likeness (QED) is 0.602. The maximum Gasteiger partial charge on any atom is 0.0999 e. The average Bonchev–Trinajstić information content (AvgIpc) is 2.46. The Balaban J connectivity index is 2.95. The fourth-order valence-electron chi connectivity index (χ4n) is 1.18. The Hall–Kier alpha value is 0.130. The molecule has 0 atom stereocenters. The monoisotopic (exact) mass is 411 g/mol. The average molecular weight is 411 g/mol. The van der Waals surface area contributed by atoms with Crippen LogP contribution in [0.1, 0.15) is 5.56 Å². The lowest BCUT2D eigenvalue weighted by Gasteiger charge is -1.95. The maximum absolute atomic E-state index is 8.95. The molecule has 1 heterocycles. The van der Waals surface area contributed by atoms with Gasteiger partial charge in [-0.1, -0.05) is 0 Å². The standard InChI is InChI=1S/C9H3I2NS/c10-6-1-5(3-12)9-7(11)4-13-8(9)2-6/h1-2,4H. The molecule has 13 heavy (non-hydrogen) atoms. The van der Waals surface area contributed by atoms with Gasteiger partial charge in [-0.15, -0.1) is 11.3 Å². The van der Waals surface area contributed by atoms with E-state index in [1.807, 2.05) is 6.07 Å². The van der Waals surface area contributed by atoms with Gasteiger partial charge in [-0.3, -0.25) is 0 Å².